The molecule has 4 heavy (non-hydrogen) atoms. The topological polar surface area (TPSA) is 0 Å². The molecule has 0 saturated carbocycles. The Kier molecular flexibility index (Phi) is 80.5. The molecule has 0 aliphatic heterocycles. The van der Waals surface area contributed by atoms with Crippen molar-refractivity contribution in [3.63, 3.8) is 0 Å². The predicted octanol–water partition coefficient (Wildman–Crippen LogP) is -2.11. The van der Waals surface area contributed by atoms with Crippen LogP contribution in [0, 0.1) is 0 Å². The Hall–Kier alpha value is 2.09. The molecule has 0 heterocycles. The van der Waals surface area contributed by atoms with Crippen LogP contribution in [0.1, 0.15) is 0 Å². The second-order valence-electron chi connectivity index (χ2n) is 0. The van der Waals surface area contributed by atoms with Gasteiger partial charge in [-0.3, -0.25) is 0 Å². The Morgan fingerprint density at radius 3 is 1.25 bits per heavy atom. The van der Waals surface area contributed by atoms with Crippen LogP contribution in [0.4, 0.5) is 0 Å². The summed E-state index contributed by atoms with van der Waals surface area (Å²) in [4.78, 5) is 0. The van der Waals surface area contributed by atoms with Crippen molar-refractivity contribution in [1.82, 2.24) is 0 Å². The molecule has 0 aromatic heterocycles. The molecule has 0 rings (SSSR count). The van der Waals surface area contributed by atoms with E-state index in [9.17, 15) is 0 Å². The van der Waals surface area contributed by atoms with Crippen LogP contribution in [0.25, 0.3) is 0 Å². The van der Waals surface area contributed by atoms with Gasteiger partial charge >= 0.3 is 50.6 Å². The van der Waals surface area contributed by atoms with Crippen molar-refractivity contribution in [1.29, 1.82) is 0 Å². The standard InChI is InChI=1S/BH2.Bi.Cu.Zn.3H/h1H2;;;;;;/q+1;;;-1;;;. The van der Waals surface area contributed by atoms with Crippen molar-refractivity contribution in [3.05, 3.63) is 0 Å². The molecule has 0 aliphatic carbocycles. The maximum atomic E-state index is 2.12. The minimum absolute atomic E-state index is 0. The molecule has 1 radical (unpaired) electrons. The third-order valence-corrected chi connectivity index (χ3v) is 0. The van der Waals surface area contributed by atoms with E-state index < -0.39 is 0 Å². The Morgan fingerprint density at radius 2 is 1.25 bits per heavy atom. The molecule has 0 aromatic rings. The van der Waals surface area contributed by atoms with Crippen LogP contribution in [0.2, 0.25) is 0 Å². The van der Waals surface area contributed by atoms with E-state index in [1.165, 1.54) is 18.1 Å². The van der Waals surface area contributed by atoms with Gasteiger partial charge in [0.15, 0.2) is 0 Å². The van der Waals surface area contributed by atoms with Gasteiger partial charge in [-0.15, -0.1) is 0 Å². The second kappa shape index (κ2) is 19.5. The van der Waals surface area contributed by atoms with Gasteiger partial charge in [0.25, 0.3) is 0 Å². The van der Waals surface area contributed by atoms with Crippen LogP contribution >= 0.6 is 0 Å². The molecule has 0 nitrogen and oxygen atoms in total. The van der Waals surface area contributed by atoms with E-state index in [2.05, 4.69) is 6.33 Å². The normalized spacial score (nSPS) is 1.50. The van der Waals surface area contributed by atoms with Crippen LogP contribution < -0.4 is 0 Å². The van der Waals surface area contributed by atoms with E-state index in [4.69, 9.17) is 0 Å². The van der Waals surface area contributed by atoms with Crippen molar-refractivity contribution >= 4 is 32.5 Å². The molecule has 0 fully saturated rings. The summed E-state index contributed by atoms with van der Waals surface area (Å²) in [5.74, 6) is 0. The first-order valence-electron chi connectivity index (χ1n) is 0.707. The zero-order valence-electron chi connectivity index (χ0n) is 2.72. The predicted molar refractivity (Wildman–Crippen MR) is 18.5 cm³/mol. The van der Waals surface area contributed by atoms with E-state index in [0.29, 0.717) is 0 Å². The number of hydrogen-bond donors (Lipinski definition) is 0. The zero-order chi connectivity index (χ0) is 2.00. The van der Waals surface area contributed by atoms with Crippen molar-refractivity contribution < 1.29 is 35.2 Å². The van der Waals surface area contributed by atoms with Gasteiger partial charge in [0.2, 0.25) is 0 Å². The molecule has 0 unspecified atom stereocenters. The largest absolute Gasteiger partial charge is 0 e. The van der Waals surface area contributed by atoms with Crippen molar-refractivity contribution in [2.24, 2.45) is 0 Å². The summed E-state index contributed by atoms with van der Waals surface area (Å²) < 4.78 is 0. The van der Waals surface area contributed by atoms with E-state index in [0.717, 1.165) is 0 Å². The third-order valence-electron chi connectivity index (χ3n) is 0. The summed E-state index contributed by atoms with van der Waals surface area (Å²) in [7, 11) is 0. The van der Waals surface area contributed by atoms with Gasteiger partial charge in [-0.25, -0.2) is 0 Å². The first-order chi connectivity index (χ1) is 1.00. The maximum Gasteiger partial charge on any atom is 0 e. The molecule has 0 spiro atoms. The summed E-state index contributed by atoms with van der Waals surface area (Å²) in [6, 6.07) is 0. The average molecular weight is 354 g/mol. The molecule has 0 N–H and O–H groups in total. The minimum atomic E-state index is 0. The second-order valence-corrected chi connectivity index (χ2v) is 0. The Labute approximate surface area is 67.0 Å². The molecule has 26 valence electrons. The first-order valence-corrected chi connectivity index (χ1v) is 3.67. The van der Waals surface area contributed by atoms with Crippen LogP contribution in [0.3, 0.4) is 0 Å². The van der Waals surface area contributed by atoms with E-state index in [-0.39, 0.29) is 43.3 Å². The molecule has 0 aliphatic rings. The smallest absolute Gasteiger partial charge is 0 e. The van der Waals surface area contributed by atoms with Crippen LogP contribution in [0.5, 0.6) is 0 Å². The van der Waals surface area contributed by atoms with Gasteiger partial charge in [0.05, 0.1) is 0 Å². The SMILES string of the molecule is [BH2][Zn].[BiH3].[Cu]. The monoisotopic (exact) mass is 352 g/mol. The number of rotatable bonds is 0. The van der Waals surface area contributed by atoms with Gasteiger partial charge < -0.3 is 0 Å². The molecule has 0 aromatic carbocycles. The molecule has 0 saturated heterocycles. The maximum absolute atomic E-state index is 2.12. The Bertz CT molecular complexity index is 8.00. The molecular formula is H5BBiCuZn. The van der Waals surface area contributed by atoms with Gasteiger partial charge in [-0.2, -0.15) is 0 Å². The fourth-order valence-corrected chi connectivity index (χ4v) is 0. The molecule has 4 heteroatoms. The minimum Gasteiger partial charge on any atom is 0 e. The molecule has 0 bridgehead atoms. The van der Waals surface area contributed by atoms with Crippen LogP contribution in [-0.2, 0) is 35.2 Å². The fourth-order valence-electron chi connectivity index (χ4n) is 0. The van der Waals surface area contributed by atoms with Crippen molar-refractivity contribution in [2.75, 3.05) is 0 Å². The molecule has 0 atom stereocenters. The summed E-state index contributed by atoms with van der Waals surface area (Å²) in [6.07, 6.45) is 2.12. The van der Waals surface area contributed by atoms with Crippen LogP contribution in [0.15, 0.2) is 0 Å². The summed E-state index contributed by atoms with van der Waals surface area (Å²) in [5, 5.41) is 0. The average Bonchev–Trinajstić information content (AvgIpc) is 1.00. The molecule has 0 amide bonds. The Balaban J connectivity index is -0.00000000500. The first kappa shape index (κ1) is 16.5. The van der Waals surface area contributed by atoms with Gasteiger partial charge in [0, 0.05) is 17.1 Å². The summed E-state index contributed by atoms with van der Waals surface area (Å²) in [5.41, 5.74) is 0. The fraction of sp³-hybridized carbons (Fsp3) is 0. The van der Waals surface area contributed by atoms with Crippen molar-refractivity contribution in [3.8, 4) is 0 Å². The molecular weight excluding hydrogens is 349 g/mol. The van der Waals surface area contributed by atoms with Crippen molar-refractivity contribution in [2.45, 2.75) is 0 Å². The Morgan fingerprint density at radius 1 is 1.25 bits per heavy atom. The zero-order valence-corrected chi connectivity index (χ0v) is 12.1. The quantitative estimate of drug-likeness (QED) is 0.438. The van der Waals surface area contributed by atoms with Gasteiger partial charge in [-0.1, -0.05) is 0 Å². The number of hydrogen-bond acceptors (Lipinski definition) is 0. The van der Waals surface area contributed by atoms with Gasteiger partial charge in [-0.05, 0) is 0 Å². The van der Waals surface area contributed by atoms with Gasteiger partial charge in [0.1, 0.15) is 0 Å². The van der Waals surface area contributed by atoms with E-state index in [1.54, 1.807) is 0 Å². The van der Waals surface area contributed by atoms with E-state index >= 15 is 0 Å². The summed E-state index contributed by atoms with van der Waals surface area (Å²) >= 11 is 1.38. The van der Waals surface area contributed by atoms with Crippen LogP contribution in [-0.4, -0.2) is 32.5 Å². The van der Waals surface area contributed by atoms with E-state index in [1.807, 2.05) is 0 Å². The third kappa shape index (κ3) is 8.94. The summed E-state index contributed by atoms with van der Waals surface area (Å²) in [6.45, 7) is 0.